The van der Waals surface area contributed by atoms with E-state index in [2.05, 4.69) is 32.6 Å². The molecule has 3 aromatic rings. The molecule has 6 nitrogen and oxygen atoms in total. The number of piperidine rings is 1. The lowest BCUT2D eigenvalue weighted by atomic mass is 10.0. The second-order valence-electron chi connectivity index (χ2n) is 6.86. The van der Waals surface area contributed by atoms with Crippen molar-refractivity contribution in [3.63, 3.8) is 0 Å². The minimum Gasteiger partial charge on any atom is -0.366 e. The Morgan fingerprint density at radius 2 is 2.04 bits per heavy atom. The number of hydrogen-bond acceptors (Lipinski definition) is 4. The van der Waals surface area contributed by atoms with E-state index in [1.54, 1.807) is 6.20 Å². The normalized spacial score (nSPS) is 15.3. The lowest BCUT2D eigenvalue weighted by Gasteiger charge is -2.32. The second-order valence-corrected chi connectivity index (χ2v) is 6.86. The zero-order valence-electron chi connectivity index (χ0n) is 14.9. The smallest absolute Gasteiger partial charge is 0.227 e. The summed E-state index contributed by atoms with van der Waals surface area (Å²) >= 11 is 0. The van der Waals surface area contributed by atoms with E-state index in [1.807, 2.05) is 36.1 Å². The van der Waals surface area contributed by atoms with Crippen LogP contribution < -0.4 is 5.32 Å². The Bertz CT molecular complexity index is 897. The van der Waals surface area contributed by atoms with Crippen LogP contribution in [0.15, 0.2) is 42.6 Å². The maximum Gasteiger partial charge on any atom is 0.227 e. The molecular weight excluding hydrogens is 326 g/mol. The van der Waals surface area contributed by atoms with Crippen LogP contribution in [-0.2, 0) is 11.2 Å². The summed E-state index contributed by atoms with van der Waals surface area (Å²) < 4.78 is 0. The highest BCUT2D eigenvalue weighted by atomic mass is 16.2. The van der Waals surface area contributed by atoms with Gasteiger partial charge in [-0.05, 0) is 43.5 Å². The second kappa shape index (κ2) is 7.15. The molecule has 0 unspecified atom stereocenters. The van der Waals surface area contributed by atoms with Crippen LogP contribution in [0.5, 0.6) is 0 Å². The molecule has 2 aromatic heterocycles. The molecule has 0 radical (unpaired) electrons. The first-order valence-electron chi connectivity index (χ1n) is 9.09. The first kappa shape index (κ1) is 16.6. The van der Waals surface area contributed by atoms with E-state index < -0.39 is 0 Å². The summed E-state index contributed by atoms with van der Waals surface area (Å²) in [6, 6.07) is 12.3. The number of hydrogen-bond donors (Lipinski definition) is 2. The number of amides is 1. The van der Waals surface area contributed by atoms with Crippen LogP contribution in [0.4, 0.5) is 5.82 Å². The van der Waals surface area contributed by atoms with E-state index in [4.69, 9.17) is 0 Å². The van der Waals surface area contributed by atoms with Crippen molar-refractivity contribution >= 4 is 22.6 Å². The molecule has 3 heterocycles. The summed E-state index contributed by atoms with van der Waals surface area (Å²) in [4.78, 5) is 18.2. The molecule has 0 bridgehead atoms. The number of benzene rings is 1. The molecular formula is C20H23N5O. The standard InChI is InChI=1S/C20H23N5O/c1-14-17(16-5-2-3-6-18(16)22-14)13-20(26)25-11-8-15(9-12-25)23-19-7-4-10-21-24-19/h2-7,10,15,22H,8-9,11-13H2,1H3,(H,23,24). The number of fused-ring (bicyclic) bond motifs is 1. The van der Waals surface area contributed by atoms with Crippen LogP contribution in [0.25, 0.3) is 10.9 Å². The Hall–Kier alpha value is -2.89. The van der Waals surface area contributed by atoms with Gasteiger partial charge in [-0.3, -0.25) is 4.79 Å². The molecule has 1 amide bonds. The molecule has 6 heteroatoms. The van der Waals surface area contributed by atoms with Crippen molar-refractivity contribution < 1.29 is 4.79 Å². The zero-order valence-corrected chi connectivity index (χ0v) is 14.9. The number of aromatic nitrogens is 3. The number of anilines is 1. The fourth-order valence-electron chi connectivity index (χ4n) is 3.69. The van der Waals surface area contributed by atoms with Gasteiger partial charge in [-0.15, -0.1) is 5.10 Å². The zero-order chi connectivity index (χ0) is 17.9. The van der Waals surface area contributed by atoms with Crippen molar-refractivity contribution in [1.82, 2.24) is 20.1 Å². The number of carbonyl (C=O) groups excluding carboxylic acids is 1. The van der Waals surface area contributed by atoms with Crippen molar-refractivity contribution in [2.45, 2.75) is 32.2 Å². The van der Waals surface area contributed by atoms with Crippen LogP contribution in [0, 0.1) is 6.92 Å². The summed E-state index contributed by atoms with van der Waals surface area (Å²) in [5, 5.41) is 12.5. The number of rotatable bonds is 4. The van der Waals surface area contributed by atoms with Crippen molar-refractivity contribution in [2.75, 3.05) is 18.4 Å². The topological polar surface area (TPSA) is 73.9 Å². The number of nitrogens with zero attached hydrogens (tertiary/aromatic N) is 3. The van der Waals surface area contributed by atoms with Gasteiger partial charge in [0.2, 0.25) is 5.91 Å². The van der Waals surface area contributed by atoms with Crippen molar-refractivity contribution in [1.29, 1.82) is 0 Å². The van der Waals surface area contributed by atoms with E-state index in [0.717, 1.165) is 53.9 Å². The van der Waals surface area contributed by atoms with Gasteiger partial charge in [0.15, 0.2) is 0 Å². The Balaban J connectivity index is 1.37. The fraction of sp³-hybridized carbons (Fsp3) is 0.350. The molecule has 134 valence electrons. The van der Waals surface area contributed by atoms with Crippen LogP contribution in [0.1, 0.15) is 24.1 Å². The number of para-hydroxylation sites is 1. The third kappa shape index (κ3) is 3.40. The molecule has 1 fully saturated rings. The van der Waals surface area contributed by atoms with Crippen LogP contribution >= 0.6 is 0 Å². The van der Waals surface area contributed by atoms with E-state index in [-0.39, 0.29) is 5.91 Å². The highest BCUT2D eigenvalue weighted by Crippen LogP contribution is 2.23. The quantitative estimate of drug-likeness (QED) is 0.759. The van der Waals surface area contributed by atoms with Crippen molar-refractivity contribution in [3.05, 3.63) is 53.9 Å². The minimum atomic E-state index is 0.204. The van der Waals surface area contributed by atoms with Gasteiger partial charge in [0.25, 0.3) is 0 Å². The summed E-state index contributed by atoms with van der Waals surface area (Å²) in [5.74, 6) is 1.00. The van der Waals surface area contributed by atoms with Crippen molar-refractivity contribution in [2.24, 2.45) is 0 Å². The first-order chi connectivity index (χ1) is 12.7. The Morgan fingerprint density at radius 1 is 1.23 bits per heavy atom. The lowest BCUT2D eigenvalue weighted by Crippen LogP contribution is -2.43. The molecule has 0 saturated carbocycles. The third-order valence-electron chi connectivity index (χ3n) is 5.13. The van der Waals surface area contributed by atoms with Gasteiger partial charge in [0.05, 0.1) is 6.42 Å². The van der Waals surface area contributed by atoms with Gasteiger partial charge in [0.1, 0.15) is 5.82 Å². The molecule has 1 aliphatic rings. The maximum absolute atomic E-state index is 12.8. The highest BCUT2D eigenvalue weighted by molar-refractivity contribution is 5.90. The van der Waals surface area contributed by atoms with Crippen LogP contribution in [0.2, 0.25) is 0 Å². The number of carbonyl (C=O) groups is 1. The molecule has 26 heavy (non-hydrogen) atoms. The summed E-state index contributed by atoms with van der Waals surface area (Å²) in [5.41, 5.74) is 3.30. The molecule has 1 aliphatic heterocycles. The molecule has 1 aromatic carbocycles. The Morgan fingerprint density at radius 3 is 2.81 bits per heavy atom. The SMILES string of the molecule is Cc1[nH]c2ccccc2c1CC(=O)N1CCC(Nc2cccnn2)CC1. The van der Waals surface area contributed by atoms with Crippen LogP contribution in [-0.4, -0.2) is 45.1 Å². The van der Waals surface area contributed by atoms with Crippen LogP contribution in [0.3, 0.4) is 0 Å². The van der Waals surface area contributed by atoms with Gasteiger partial charge in [0, 0.05) is 41.9 Å². The fourth-order valence-corrected chi connectivity index (χ4v) is 3.69. The number of H-pyrrole nitrogens is 1. The van der Waals surface area contributed by atoms with E-state index in [0.29, 0.717) is 12.5 Å². The largest absolute Gasteiger partial charge is 0.366 e. The predicted molar refractivity (Wildman–Crippen MR) is 102 cm³/mol. The maximum atomic E-state index is 12.8. The predicted octanol–water partition coefficient (Wildman–Crippen LogP) is 2.91. The number of aromatic amines is 1. The monoisotopic (exact) mass is 349 g/mol. The molecule has 4 rings (SSSR count). The molecule has 1 saturated heterocycles. The first-order valence-corrected chi connectivity index (χ1v) is 9.09. The van der Waals surface area contributed by atoms with Gasteiger partial charge < -0.3 is 15.2 Å². The van der Waals surface area contributed by atoms with E-state index >= 15 is 0 Å². The Kier molecular flexibility index (Phi) is 4.56. The average Bonchev–Trinajstić information content (AvgIpc) is 2.98. The lowest BCUT2D eigenvalue weighted by molar-refractivity contribution is -0.131. The highest BCUT2D eigenvalue weighted by Gasteiger charge is 2.24. The number of aryl methyl sites for hydroxylation is 1. The van der Waals surface area contributed by atoms with E-state index in [1.165, 1.54) is 0 Å². The Labute approximate surface area is 152 Å². The molecule has 2 N–H and O–H groups in total. The molecule has 0 aliphatic carbocycles. The summed E-state index contributed by atoms with van der Waals surface area (Å²) in [6.07, 6.45) is 3.97. The number of likely N-dealkylation sites (tertiary alicyclic amines) is 1. The van der Waals surface area contributed by atoms with Gasteiger partial charge in [-0.1, -0.05) is 18.2 Å². The van der Waals surface area contributed by atoms with Crippen molar-refractivity contribution in [3.8, 4) is 0 Å². The summed E-state index contributed by atoms with van der Waals surface area (Å²) in [7, 11) is 0. The molecule has 0 spiro atoms. The summed E-state index contributed by atoms with van der Waals surface area (Å²) in [6.45, 7) is 3.59. The third-order valence-corrected chi connectivity index (χ3v) is 5.13. The van der Waals surface area contributed by atoms with Gasteiger partial charge >= 0.3 is 0 Å². The molecule has 0 atom stereocenters. The number of nitrogens with one attached hydrogen (secondary N) is 2. The van der Waals surface area contributed by atoms with E-state index in [9.17, 15) is 4.79 Å². The minimum absolute atomic E-state index is 0.204. The average molecular weight is 349 g/mol. The van der Waals surface area contributed by atoms with Gasteiger partial charge in [-0.2, -0.15) is 5.10 Å². The van der Waals surface area contributed by atoms with Gasteiger partial charge in [-0.25, -0.2) is 0 Å².